The van der Waals surface area contributed by atoms with Crippen molar-refractivity contribution < 1.29 is 19.2 Å². The third-order valence-electron chi connectivity index (χ3n) is 5.10. The number of nitrogens with one attached hydrogen (secondary N) is 2. The Morgan fingerprint density at radius 1 is 1.17 bits per heavy atom. The lowest BCUT2D eigenvalue weighted by Crippen LogP contribution is -2.56. The summed E-state index contributed by atoms with van der Waals surface area (Å²) in [6.45, 7) is 3.49. The predicted molar refractivity (Wildman–Crippen MR) is 114 cm³/mol. The Hall–Kier alpha value is -2.45. The summed E-state index contributed by atoms with van der Waals surface area (Å²) in [4.78, 5) is 51.2. The molecule has 1 aromatic carbocycles. The summed E-state index contributed by atoms with van der Waals surface area (Å²) >= 11 is 5.73. The first kappa shape index (κ1) is 23.8. The van der Waals surface area contributed by atoms with Crippen LogP contribution in [0.15, 0.2) is 30.3 Å². The fourth-order valence-electron chi connectivity index (χ4n) is 3.41. The van der Waals surface area contributed by atoms with Crippen molar-refractivity contribution >= 4 is 35.1 Å². The van der Waals surface area contributed by atoms with Gasteiger partial charge in [-0.15, -0.1) is 11.6 Å². The maximum Gasteiger partial charge on any atom is 0.245 e. The third kappa shape index (κ3) is 6.27. The predicted octanol–water partition coefficient (Wildman–Crippen LogP) is 0.365. The van der Waals surface area contributed by atoms with E-state index in [0.29, 0.717) is 25.8 Å². The minimum absolute atomic E-state index is 0.217. The van der Waals surface area contributed by atoms with Crippen molar-refractivity contribution in [1.29, 1.82) is 0 Å². The van der Waals surface area contributed by atoms with Crippen LogP contribution in [0.5, 0.6) is 0 Å². The third-order valence-corrected chi connectivity index (χ3v) is 5.36. The van der Waals surface area contributed by atoms with Crippen molar-refractivity contribution in [2.75, 3.05) is 12.4 Å². The topological polar surface area (TPSA) is 122 Å². The number of halogens is 1. The molecule has 164 valence electrons. The van der Waals surface area contributed by atoms with E-state index in [4.69, 9.17) is 17.3 Å². The number of benzene rings is 1. The van der Waals surface area contributed by atoms with Crippen LogP contribution in [0.2, 0.25) is 0 Å². The minimum Gasteiger partial charge on any atom is -0.344 e. The summed E-state index contributed by atoms with van der Waals surface area (Å²) in [5.74, 6) is -1.70. The summed E-state index contributed by atoms with van der Waals surface area (Å²) in [6.07, 6.45) is 1.46. The number of hydrogen-bond acceptors (Lipinski definition) is 5. The molecule has 9 heteroatoms. The number of Topliss-reactive ketones (excluding diaryl/α,β-unsaturated/α-hetero) is 1. The molecule has 1 aromatic rings. The molecule has 0 unspecified atom stereocenters. The van der Waals surface area contributed by atoms with Gasteiger partial charge in [0.2, 0.25) is 17.7 Å². The van der Waals surface area contributed by atoms with Crippen LogP contribution in [0.1, 0.15) is 32.3 Å². The first-order valence-corrected chi connectivity index (χ1v) is 10.6. The molecule has 1 aliphatic heterocycles. The maximum atomic E-state index is 12.9. The van der Waals surface area contributed by atoms with Crippen molar-refractivity contribution in [1.82, 2.24) is 15.5 Å². The van der Waals surface area contributed by atoms with E-state index in [1.165, 1.54) is 11.8 Å². The fourth-order valence-corrected chi connectivity index (χ4v) is 3.60. The van der Waals surface area contributed by atoms with Gasteiger partial charge in [0.15, 0.2) is 5.78 Å². The SMILES string of the molecule is C[C@H](NC(=O)[C@@H](C)N)C(=O)N1CCC[C@H]1C(=O)N[C@@H](Cc1ccccc1)C(=O)CCl. The molecule has 1 fully saturated rings. The van der Waals surface area contributed by atoms with Gasteiger partial charge in [-0.2, -0.15) is 0 Å². The average Bonchev–Trinajstić information content (AvgIpc) is 3.22. The maximum absolute atomic E-state index is 12.9. The van der Waals surface area contributed by atoms with Gasteiger partial charge in [0.25, 0.3) is 0 Å². The first-order chi connectivity index (χ1) is 14.2. The second kappa shape index (κ2) is 11.1. The van der Waals surface area contributed by atoms with E-state index in [1.54, 1.807) is 6.92 Å². The number of rotatable bonds is 9. The van der Waals surface area contributed by atoms with Gasteiger partial charge in [-0.1, -0.05) is 30.3 Å². The van der Waals surface area contributed by atoms with Crippen molar-refractivity contribution in [3.63, 3.8) is 0 Å². The van der Waals surface area contributed by atoms with Gasteiger partial charge in [-0.25, -0.2) is 0 Å². The number of carbonyl (C=O) groups is 4. The smallest absolute Gasteiger partial charge is 0.245 e. The molecular weight excluding hydrogens is 408 g/mol. The van der Waals surface area contributed by atoms with Crippen LogP contribution in [0.3, 0.4) is 0 Å². The molecule has 0 aliphatic carbocycles. The monoisotopic (exact) mass is 436 g/mol. The quantitative estimate of drug-likeness (QED) is 0.483. The second-order valence-corrected chi connectivity index (χ2v) is 7.83. The molecule has 0 spiro atoms. The number of alkyl halides is 1. The fraction of sp³-hybridized carbons (Fsp3) is 0.524. The summed E-state index contributed by atoms with van der Waals surface area (Å²) in [5.41, 5.74) is 6.43. The lowest BCUT2D eigenvalue weighted by molar-refractivity contribution is -0.141. The highest BCUT2D eigenvalue weighted by Gasteiger charge is 2.37. The lowest BCUT2D eigenvalue weighted by Gasteiger charge is -2.28. The summed E-state index contributed by atoms with van der Waals surface area (Å²) in [6, 6.07) is 6.30. The Balaban J connectivity index is 2.06. The molecule has 2 rings (SSSR count). The highest BCUT2D eigenvalue weighted by atomic mass is 35.5. The molecular formula is C21H29ClN4O4. The van der Waals surface area contributed by atoms with Gasteiger partial charge < -0.3 is 21.3 Å². The molecule has 4 atom stereocenters. The van der Waals surface area contributed by atoms with Crippen LogP contribution >= 0.6 is 11.6 Å². The molecule has 0 radical (unpaired) electrons. The van der Waals surface area contributed by atoms with Crippen LogP contribution in [-0.2, 0) is 25.6 Å². The van der Waals surface area contributed by atoms with Gasteiger partial charge in [-0.05, 0) is 38.7 Å². The van der Waals surface area contributed by atoms with Crippen molar-refractivity contribution in [2.45, 2.75) is 57.3 Å². The normalized spacial score (nSPS) is 18.9. The van der Waals surface area contributed by atoms with E-state index >= 15 is 0 Å². The molecule has 0 bridgehead atoms. The Morgan fingerprint density at radius 3 is 2.43 bits per heavy atom. The van der Waals surface area contributed by atoms with E-state index in [1.807, 2.05) is 30.3 Å². The van der Waals surface area contributed by atoms with Gasteiger partial charge in [0, 0.05) is 6.54 Å². The molecule has 8 nitrogen and oxygen atoms in total. The number of carbonyl (C=O) groups excluding carboxylic acids is 4. The van der Waals surface area contributed by atoms with E-state index < -0.39 is 36.0 Å². The van der Waals surface area contributed by atoms with Crippen LogP contribution in [0.25, 0.3) is 0 Å². The Bertz CT molecular complexity index is 772. The van der Waals surface area contributed by atoms with Crippen molar-refractivity contribution in [3.05, 3.63) is 35.9 Å². The van der Waals surface area contributed by atoms with Crippen molar-refractivity contribution in [3.8, 4) is 0 Å². The molecule has 0 aromatic heterocycles. The molecule has 4 N–H and O–H groups in total. The zero-order chi connectivity index (χ0) is 22.3. The molecule has 1 saturated heterocycles. The Labute approximate surface area is 181 Å². The Kier molecular flexibility index (Phi) is 8.80. The minimum atomic E-state index is -0.804. The van der Waals surface area contributed by atoms with Crippen LogP contribution in [0.4, 0.5) is 0 Å². The first-order valence-electron chi connectivity index (χ1n) is 10.0. The average molecular weight is 437 g/mol. The molecule has 1 aliphatic rings. The highest BCUT2D eigenvalue weighted by Crippen LogP contribution is 2.19. The number of hydrogen-bond donors (Lipinski definition) is 3. The van der Waals surface area contributed by atoms with E-state index in [-0.39, 0.29) is 17.6 Å². The van der Waals surface area contributed by atoms with Crippen LogP contribution in [0, 0.1) is 0 Å². The number of nitrogens with zero attached hydrogens (tertiary/aromatic N) is 1. The van der Waals surface area contributed by atoms with E-state index in [2.05, 4.69) is 10.6 Å². The van der Waals surface area contributed by atoms with Gasteiger partial charge in [0.05, 0.1) is 18.0 Å². The molecule has 1 heterocycles. The van der Waals surface area contributed by atoms with Gasteiger partial charge in [0.1, 0.15) is 12.1 Å². The number of likely N-dealkylation sites (tertiary alicyclic amines) is 1. The summed E-state index contributed by atoms with van der Waals surface area (Å²) in [7, 11) is 0. The zero-order valence-corrected chi connectivity index (χ0v) is 18.0. The lowest BCUT2D eigenvalue weighted by atomic mass is 10.0. The Morgan fingerprint density at radius 2 is 1.83 bits per heavy atom. The summed E-state index contributed by atoms with van der Waals surface area (Å²) < 4.78 is 0. The molecule has 3 amide bonds. The molecule has 0 saturated carbocycles. The number of amides is 3. The standard InChI is InChI=1S/C21H29ClN4O4/c1-13(23)19(28)24-14(2)21(30)26-10-6-9-17(26)20(29)25-16(18(27)12-22)11-15-7-4-3-5-8-15/h3-5,7-8,13-14,16-17H,6,9-12,23H2,1-2H3,(H,24,28)(H,25,29)/t13-,14+,16+,17+/m1/s1. The largest absolute Gasteiger partial charge is 0.344 e. The van der Waals surface area contributed by atoms with Gasteiger partial charge >= 0.3 is 0 Å². The van der Waals surface area contributed by atoms with Gasteiger partial charge in [-0.3, -0.25) is 19.2 Å². The van der Waals surface area contributed by atoms with Crippen molar-refractivity contribution in [2.24, 2.45) is 5.73 Å². The highest BCUT2D eigenvalue weighted by molar-refractivity contribution is 6.28. The molecule has 30 heavy (non-hydrogen) atoms. The van der Waals surface area contributed by atoms with Crippen LogP contribution in [-0.4, -0.2) is 65.0 Å². The summed E-state index contributed by atoms with van der Waals surface area (Å²) in [5, 5.41) is 5.32. The zero-order valence-electron chi connectivity index (χ0n) is 17.3. The van der Waals surface area contributed by atoms with E-state index in [9.17, 15) is 19.2 Å². The van der Waals surface area contributed by atoms with E-state index in [0.717, 1.165) is 5.56 Å². The van der Waals surface area contributed by atoms with Crippen LogP contribution < -0.4 is 16.4 Å². The number of nitrogens with two attached hydrogens (primary N) is 1. The number of ketones is 1. The second-order valence-electron chi connectivity index (χ2n) is 7.56.